The van der Waals surface area contributed by atoms with Crippen LogP contribution >= 0.6 is 11.6 Å². The Kier molecular flexibility index (Phi) is 2.42. The molecule has 0 aliphatic carbocycles. The summed E-state index contributed by atoms with van der Waals surface area (Å²) < 4.78 is 12.6. The molecule has 11 heavy (non-hydrogen) atoms. The first-order valence-corrected chi connectivity index (χ1v) is 3.45. The second-order valence-corrected chi connectivity index (χ2v) is 2.52. The number of aromatic nitrogens is 1. The van der Waals surface area contributed by atoms with E-state index in [1.54, 1.807) is 6.92 Å². The Labute approximate surface area is 68.6 Å². The molecule has 0 fully saturated rings. The van der Waals surface area contributed by atoms with E-state index in [-0.39, 0.29) is 11.8 Å². The van der Waals surface area contributed by atoms with Gasteiger partial charge in [-0.1, -0.05) is 11.6 Å². The zero-order chi connectivity index (χ0) is 8.43. The molecular formula is C7H7ClFNO. The number of aryl methyl sites for hydroxylation is 1. The lowest BCUT2D eigenvalue weighted by atomic mass is 10.2. The molecule has 0 radical (unpaired) electrons. The summed E-state index contributed by atoms with van der Waals surface area (Å²) in [7, 11) is 0. The van der Waals surface area contributed by atoms with Crippen molar-refractivity contribution in [2.75, 3.05) is 0 Å². The highest BCUT2D eigenvalue weighted by molar-refractivity contribution is 6.29. The molecule has 0 aliphatic heterocycles. The molecule has 0 saturated carbocycles. The van der Waals surface area contributed by atoms with Gasteiger partial charge in [0.15, 0.2) is 11.0 Å². The normalized spacial score (nSPS) is 10.2. The fourth-order valence-electron chi connectivity index (χ4n) is 0.749. The molecule has 2 nitrogen and oxygen atoms in total. The molecule has 0 atom stereocenters. The van der Waals surface area contributed by atoms with Crippen LogP contribution in [0, 0.1) is 12.7 Å². The van der Waals surface area contributed by atoms with Crippen molar-refractivity contribution < 1.29 is 9.50 Å². The zero-order valence-electron chi connectivity index (χ0n) is 5.93. The second kappa shape index (κ2) is 3.15. The predicted molar refractivity (Wildman–Crippen MR) is 39.9 cm³/mol. The van der Waals surface area contributed by atoms with E-state index in [4.69, 9.17) is 16.7 Å². The first-order valence-electron chi connectivity index (χ1n) is 3.07. The van der Waals surface area contributed by atoms with E-state index in [0.717, 1.165) is 0 Å². The molecule has 0 amide bonds. The van der Waals surface area contributed by atoms with E-state index in [1.165, 1.54) is 6.07 Å². The molecule has 1 rings (SSSR count). The van der Waals surface area contributed by atoms with Crippen LogP contribution in [0.1, 0.15) is 11.3 Å². The smallest absolute Gasteiger partial charge is 0.165 e. The first kappa shape index (κ1) is 8.43. The Balaban J connectivity index is 3.21. The van der Waals surface area contributed by atoms with Crippen molar-refractivity contribution in [1.82, 2.24) is 4.98 Å². The molecular weight excluding hydrogens is 169 g/mol. The monoisotopic (exact) mass is 175 g/mol. The minimum atomic E-state index is -0.596. The van der Waals surface area contributed by atoms with Crippen LogP contribution in [0.4, 0.5) is 4.39 Å². The summed E-state index contributed by atoms with van der Waals surface area (Å²) in [6.45, 7) is 1.45. The second-order valence-electron chi connectivity index (χ2n) is 2.16. The third-order valence-electron chi connectivity index (χ3n) is 1.40. The van der Waals surface area contributed by atoms with Gasteiger partial charge >= 0.3 is 0 Å². The zero-order valence-corrected chi connectivity index (χ0v) is 6.69. The SMILES string of the molecule is Cc1nc(Cl)c(F)cc1CO. The van der Waals surface area contributed by atoms with E-state index in [9.17, 15) is 4.39 Å². The average Bonchev–Trinajstić information content (AvgIpc) is 1.97. The number of pyridine rings is 1. The van der Waals surface area contributed by atoms with Gasteiger partial charge in [0.25, 0.3) is 0 Å². The van der Waals surface area contributed by atoms with Gasteiger partial charge in [-0.05, 0) is 13.0 Å². The van der Waals surface area contributed by atoms with Gasteiger partial charge in [0.05, 0.1) is 6.61 Å². The number of halogens is 2. The molecule has 1 aromatic rings. The van der Waals surface area contributed by atoms with Crippen LogP contribution in [0.2, 0.25) is 5.15 Å². The molecule has 60 valence electrons. The van der Waals surface area contributed by atoms with Crippen LogP contribution in [-0.2, 0) is 6.61 Å². The molecule has 0 saturated heterocycles. The molecule has 0 spiro atoms. The Bertz CT molecular complexity index is 277. The van der Waals surface area contributed by atoms with Gasteiger partial charge in [-0.15, -0.1) is 0 Å². The Hall–Kier alpha value is -0.670. The van der Waals surface area contributed by atoms with Crippen molar-refractivity contribution in [3.63, 3.8) is 0 Å². The van der Waals surface area contributed by atoms with Gasteiger partial charge < -0.3 is 5.11 Å². The summed E-state index contributed by atoms with van der Waals surface area (Å²) in [6.07, 6.45) is 0. The number of hydrogen-bond acceptors (Lipinski definition) is 2. The summed E-state index contributed by atoms with van der Waals surface area (Å²) in [5.74, 6) is -0.596. The summed E-state index contributed by atoms with van der Waals surface area (Å²) in [6, 6.07) is 1.19. The van der Waals surface area contributed by atoms with Gasteiger partial charge in [0.2, 0.25) is 0 Å². The lowest BCUT2D eigenvalue weighted by molar-refractivity contribution is 0.279. The van der Waals surface area contributed by atoms with Crippen LogP contribution in [-0.4, -0.2) is 10.1 Å². The fourth-order valence-corrected chi connectivity index (χ4v) is 0.931. The summed E-state index contributed by atoms with van der Waals surface area (Å²) in [4.78, 5) is 3.67. The van der Waals surface area contributed by atoms with Crippen LogP contribution in [0.25, 0.3) is 0 Å². The number of aliphatic hydroxyl groups is 1. The third-order valence-corrected chi connectivity index (χ3v) is 1.66. The van der Waals surface area contributed by atoms with Gasteiger partial charge in [-0.25, -0.2) is 9.37 Å². The summed E-state index contributed by atoms with van der Waals surface area (Å²) in [5, 5.41) is 8.53. The van der Waals surface area contributed by atoms with Gasteiger partial charge in [0.1, 0.15) is 0 Å². The topological polar surface area (TPSA) is 33.1 Å². The largest absolute Gasteiger partial charge is 0.392 e. The maximum Gasteiger partial charge on any atom is 0.165 e. The van der Waals surface area contributed by atoms with Gasteiger partial charge in [-0.3, -0.25) is 0 Å². The van der Waals surface area contributed by atoms with Gasteiger partial charge in [-0.2, -0.15) is 0 Å². The van der Waals surface area contributed by atoms with Crippen LogP contribution < -0.4 is 0 Å². The fraction of sp³-hybridized carbons (Fsp3) is 0.286. The van der Waals surface area contributed by atoms with Crippen molar-refractivity contribution >= 4 is 11.6 Å². The highest BCUT2D eigenvalue weighted by atomic mass is 35.5. The molecule has 1 aromatic heterocycles. The van der Waals surface area contributed by atoms with Crippen LogP contribution in [0.15, 0.2) is 6.07 Å². The molecule has 4 heteroatoms. The van der Waals surface area contributed by atoms with Crippen molar-refractivity contribution in [2.24, 2.45) is 0 Å². The minimum Gasteiger partial charge on any atom is -0.392 e. The molecule has 0 aromatic carbocycles. The highest BCUT2D eigenvalue weighted by Gasteiger charge is 2.05. The standard InChI is InChI=1S/C7H7ClFNO/c1-4-5(3-11)2-6(9)7(8)10-4/h2,11H,3H2,1H3. The van der Waals surface area contributed by atoms with Crippen molar-refractivity contribution in [1.29, 1.82) is 0 Å². The summed E-state index contributed by atoms with van der Waals surface area (Å²) >= 11 is 5.38. The number of nitrogens with zero attached hydrogens (tertiary/aromatic N) is 1. The molecule has 1 heterocycles. The Morgan fingerprint density at radius 3 is 2.91 bits per heavy atom. The van der Waals surface area contributed by atoms with Gasteiger partial charge in [0, 0.05) is 11.3 Å². The van der Waals surface area contributed by atoms with E-state index in [1.807, 2.05) is 0 Å². The average molecular weight is 176 g/mol. The number of hydrogen-bond donors (Lipinski definition) is 1. The van der Waals surface area contributed by atoms with E-state index in [2.05, 4.69) is 4.98 Å². The minimum absolute atomic E-state index is 0.153. The van der Waals surface area contributed by atoms with E-state index >= 15 is 0 Å². The molecule has 0 aliphatic rings. The first-order chi connectivity index (χ1) is 5.15. The van der Waals surface area contributed by atoms with Crippen LogP contribution in [0.3, 0.4) is 0 Å². The quantitative estimate of drug-likeness (QED) is 0.659. The maximum absolute atomic E-state index is 12.6. The van der Waals surface area contributed by atoms with Crippen molar-refractivity contribution in [2.45, 2.75) is 13.5 Å². The Morgan fingerprint density at radius 1 is 1.73 bits per heavy atom. The summed E-state index contributed by atoms with van der Waals surface area (Å²) in [5.41, 5.74) is 1.02. The maximum atomic E-state index is 12.6. The lowest BCUT2D eigenvalue weighted by Gasteiger charge is -2.01. The lowest BCUT2D eigenvalue weighted by Crippen LogP contribution is -1.95. The van der Waals surface area contributed by atoms with E-state index in [0.29, 0.717) is 11.3 Å². The Morgan fingerprint density at radius 2 is 2.36 bits per heavy atom. The predicted octanol–water partition coefficient (Wildman–Crippen LogP) is 1.67. The molecule has 0 bridgehead atoms. The van der Waals surface area contributed by atoms with Crippen LogP contribution in [0.5, 0.6) is 0 Å². The third kappa shape index (κ3) is 1.67. The molecule has 1 N–H and O–H groups in total. The highest BCUT2D eigenvalue weighted by Crippen LogP contribution is 2.15. The number of aliphatic hydroxyl groups excluding tert-OH is 1. The van der Waals surface area contributed by atoms with Crippen molar-refractivity contribution in [3.05, 3.63) is 28.3 Å². The van der Waals surface area contributed by atoms with E-state index < -0.39 is 5.82 Å². The van der Waals surface area contributed by atoms with Crippen molar-refractivity contribution in [3.8, 4) is 0 Å². The molecule has 0 unspecified atom stereocenters. The number of rotatable bonds is 1.